The fourth-order valence-corrected chi connectivity index (χ4v) is 2.38. The quantitative estimate of drug-likeness (QED) is 0.886. The summed E-state index contributed by atoms with van der Waals surface area (Å²) in [5.41, 5.74) is 5.88. The van der Waals surface area contributed by atoms with Crippen LogP contribution in [0.2, 0.25) is 0 Å². The minimum Gasteiger partial charge on any atom is -0.444 e. The highest BCUT2D eigenvalue weighted by Gasteiger charge is 2.26. The number of likely N-dealkylation sites (N-methyl/N-ethyl adjacent to an activating group) is 1. The Balaban J connectivity index is 2.02. The second-order valence-corrected chi connectivity index (χ2v) is 6.49. The van der Waals surface area contributed by atoms with Crippen molar-refractivity contribution < 1.29 is 4.42 Å². The molecule has 108 valence electrons. The maximum atomic E-state index is 5.86. The third-order valence-corrected chi connectivity index (χ3v) is 3.71. The molecule has 19 heavy (non-hydrogen) atoms. The minimum absolute atomic E-state index is 0.0145. The van der Waals surface area contributed by atoms with Crippen LogP contribution < -0.4 is 5.73 Å². The summed E-state index contributed by atoms with van der Waals surface area (Å²) in [6.45, 7) is 10.9. The summed E-state index contributed by atoms with van der Waals surface area (Å²) >= 11 is 0. The Bertz CT molecular complexity index is 410. The Hall–Kier alpha value is -0.910. The SMILES string of the molecule is CN1CCN(Cc2ncc(C(C)(C)C)o2)C(CN)C1. The van der Waals surface area contributed by atoms with Crippen molar-refractivity contribution in [3.63, 3.8) is 0 Å². The first-order valence-electron chi connectivity index (χ1n) is 6.98. The van der Waals surface area contributed by atoms with Crippen LogP contribution in [0.25, 0.3) is 0 Å². The fourth-order valence-electron chi connectivity index (χ4n) is 2.38. The average molecular weight is 266 g/mol. The molecule has 1 fully saturated rings. The van der Waals surface area contributed by atoms with Gasteiger partial charge in [-0.1, -0.05) is 20.8 Å². The maximum absolute atomic E-state index is 5.86. The van der Waals surface area contributed by atoms with Crippen LogP contribution in [0.5, 0.6) is 0 Å². The third kappa shape index (κ3) is 3.55. The molecule has 1 aromatic rings. The van der Waals surface area contributed by atoms with E-state index in [0.717, 1.165) is 37.8 Å². The molecule has 0 amide bonds. The molecule has 0 saturated carbocycles. The average Bonchev–Trinajstić information content (AvgIpc) is 2.79. The van der Waals surface area contributed by atoms with Gasteiger partial charge in [0.1, 0.15) is 5.76 Å². The van der Waals surface area contributed by atoms with Crippen LogP contribution >= 0.6 is 0 Å². The van der Waals surface area contributed by atoms with Crippen molar-refractivity contribution in [1.82, 2.24) is 14.8 Å². The van der Waals surface area contributed by atoms with Gasteiger partial charge in [-0.3, -0.25) is 4.90 Å². The lowest BCUT2D eigenvalue weighted by atomic mass is 9.94. The lowest BCUT2D eigenvalue weighted by Gasteiger charge is -2.38. The molecule has 1 aromatic heterocycles. The van der Waals surface area contributed by atoms with Gasteiger partial charge >= 0.3 is 0 Å². The van der Waals surface area contributed by atoms with Crippen LogP contribution in [0.4, 0.5) is 0 Å². The Morgan fingerprint density at radius 1 is 1.42 bits per heavy atom. The molecule has 5 nitrogen and oxygen atoms in total. The minimum atomic E-state index is 0.0145. The summed E-state index contributed by atoms with van der Waals surface area (Å²) in [7, 11) is 2.14. The molecule has 2 heterocycles. The number of rotatable bonds is 3. The van der Waals surface area contributed by atoms with E-state index in [-0.39, 0.29) is 5.41 Å². The molecule has 5 heteroatoms. The molecule has 0 bridgehead atoms. The topological polar surface area (TPSA) is 58.5 Å². The zero-order chi connectivity index (χ0) is 14.0. The van der Waals surface area contributed by atoms with E-state index in [1.165, 1.54) is 0 Å². The molecule has 1 aliphatic rings. The van der Waals surface area contributed by atoms with Crippen LogP contribution in [0.3, 0.4) is 0 Å². The molecule has 0 radical (unpaired) electrons. The number of hydrogen-bond acceptors (Lipinski definition) is 5. The molecule has 0 aromatic carbocycles. The lowest BCUT2D eigenvalue weighted by Crippen LogP contribution is -2.54. The summed E-state index contributed by atoms with van der Waals surface area (Å²) in [5, 5.41) is 0. The first-order chi connectivity index (χ1) is 8.90. The Morgan fingerprint density at radius 3 is 2.74 bits per heavy atom. The van der Waals surface area contributed by atoms with Gasteiger partial charge in [-0.2, -0.15) is 0 Å². The van der Waals surface area contributed by atoms with Crippen LogP contribution in [0.1, 0.15) is 32.4 Å². The number of nitrogens with zero attached hydrogens (tertiary/aromatic N) is 3. The third-order valence-electron chi connectivity index (χ3n) is 3.71. The van der Waals surface area contributed by atoms with E-state index in [4.69, 9.17) is 10.2 Å². The lowest BCUT2D eigenvalue weighted by molar-refractivity contribution is 0.0796. The predicted molar refractivity (Wildman–Crippen MR) is 76.0 cm³/mol. The molecule has 2 rings (SSSR count). The van der Waals surface area contributed by atoms with Crippen molar-refractivity contribution in [3.05, 3.63) is 17.8 Å². The van der Waals surface area contributed by atoms with Gasteiger partial charge < -0.3 is 15.1 Å². The van der Waals surface area contributed by atoms with Gasteiger partial charge in [-0.15, -0.1) is 0 Å². The van der Waals surface area contributed by atoms with Crippen molar-refractivity contribution >= 4 is 0 Å². The summed E-state index contributed by atoms with van der Waals surface area (Å²) in [5.74, 6) is 1.74. The fraction of sp³-hybridized carbons (Fsp3) is 0.786. The molecular weight excluding hydrogens is 240 g/mol. The highest BCUT2D eigenvalue weighted by Crippen LogP contribution is 2.23. The molecule has 0 spiro atoms. The number of piperazine rings is 1. The van der Waals surface area contributed by atoms with Gasteiger partial charge in [-0.25, -0.2) is 4.98 Å². The summed E-state index contributed by atoms with van der Waals surface area (Å²) in [6.07, 6.45) is 1.85. The smallest absolute Gasteiger partial charge is 0.208 e. The van der Waals surface area contributed by atoms with E-state index in [2.05, 4.69) is 42.6 Å². The Labute approximate surface area is 115 Å². The molecule has 0 aliphatic carbocycles. The van der Waals surface area contributed by atoms with Gasteiger partial charge in [0.05, 0.1) is 12.7 Å². The van der Waals surface area contributed by atoms with Crippen molar-refractivity contribution in [1.29, 1.82) is 0 Å². The van der Waals surface area contributed by atoms with Crippen LogP contribution in [-0.4, -0.2) is 54.1 Å². The molecule has 1 atom stereocenters. The van der Waals surface area contributed by atoms with Crippen molar-refractivity contribution in [2.75, 3.05) is 33.2 Å². The molecule has 1 saturated heterocycles. The molecule has 1 unspecified atom stereocenters. The van der Waals surface area contributed by atoms with Crippen molar-refractivity contribution in [2.45, 2.75) is 38.8 Å². The zero-order valence-corrected chi connectivity index (χ0v) is 12.5. The molecule has 2 N–H and O–H groups in total. The number of oxazole rings is 1. The maximum Gasteiger partial charge on any atom is 0.208 e. The van der Waals surface area contributed by atoms with Gasteiger partial charge in [0.2, 0.25) is 5.89 Å². The number of aromatic nitrogens is 1. The van der Waals surface area contributed by atoms with Crippen LogP contribution in [0, 0.1) is 0 Å². The van der Waals surface area contributed by atoms with E-state index in [9.17, 15) is 0 Å². The van der Waals surface area contributed by atoms with E-state index < -0.39 is 0 Å². The monoisotopic (exact) mass is 266 g/mol. The van der Waals surface area contributed by atoms with Crippen molar-refractivity contribution in [2.24, 2.45) is 5.73 Å². The number of nitrogens with two attached hydrogens (primary N) is 1. The second-order valence-electron chi connectivity index (χ2n) is 6.49. The highest BCUT2D eigenvalue weighted by atomic mass is 16.4. The van der Waals surface area contributed by atoms with Gasteiger partial charge in [-0.05, 0) is 7.05 Å². The Kier molecular flexibility index (Phi) is 4.28. The van der Waals surface area contributed by atoms with Gasteiger partial charge in [0.15, 0.2) is 0 Å². The second kappa shape index (κ2) is 5.61. The first kappa shape index (κ1) is 14.5. The largest absolute Gasteiger partial charge is 0.444 e. The van der Waals surface area contributed by atoms with Crippen LogP contribution in [-0.2, 0) is 12.0 Å². The summed E-state index contributed by atoms with van der Waals surface area (Å²) in [4.78, 5) is 9.10. The highest BCUT2D eigenvalue weighted by molar-refractivity contribution is 5.06. The van der Waals surface area contributed by atoms with E-state index in [1.54, 1.807) is 0 Å². The van der Waals surface area contributed by atoms with Crippen molar-refractivity contribution in [3.8, 4) is 0 Å². The first-order valence-corrected chi connectivity index (χ1v) is 6.98. The summed E-state index contributed by atoms with van der Waals surface area (Å²) < 4.78 is 5.86. The summed E-state index contributed by atoms with van der Waals surface area (Å²) in [6, 6.07) is 0.392. The van der Waals surface area contributed by atoms with E-state index >= 15 is 0 Å². The Morgan fingerprint density at radius 2 is 2.16 bits per heavy atom. The zero-order valence-electron chi connectivity index (χ0n) is 12.5. The number of hydrogen-bond donors (Lipinski definition) is 1. The van der Waals surface area contributed by atoms with Crippen LogP contribution in [0.15, 0.2) is 10.6 Å². The van der Waals surface area contributed by atoms with E-state index in [0.29, 0.717) is 12.6 Å². The predicted octanol–water partition coefficient (Wildman–Crippen LogP) is 1.05. The normalized spacial score (nSPS) is 22.9. The van der Waals surface area contributed by atoms with E-state index in [1.807, 2.05) is 6.20 Å². The van der Waals surface area contributed by atoms with Gasteiger partial charge in [0.25, 0.3) is 0 Å². The van der Waals surface area contributed by atoms with Gasteiger partial charge in [0, 0.05) is 37.6 Å². The molecular formula is C14H26N4O. The molecule has 1 aliphatic heterocycles. The standard InChI is InChI=1S/C14H26N4O/c1-14(2,3)12-8-16-13(19-12)10-18-6-5-17(4)9-11(18)7-15/h8,11H,5-7,9-10,15H2,1-4H3.